The topological polar surface area (TPSA) is 55.4 Å². The van der Waals surface area contributed by atoms with Crippen molar-refractivity contribution in [2.75, 3.05) is 5.32 Å². The van der Waals surface area contributed by atoms with E-state index in [4.69, 9.17) is 4.74 Å². The van der Waals surface area contributed by atoms with Crippen molar-refractivity contribution in [3.8, 4) is 0 Å². The molecule has 23 heavy (non-hydrogen) atoms. The molecule has 0 spiro atoms. The molecule has 2 rings (SSSR count). The van der Waals surface area contributed by atoms with E-state index in [1.165, 1.54) is 19.1 Å². The highest BCUT2D eigenvalue weighted by atomic mass is 79.9. The van der Waals surface area contributed by atoms with Gasteiger partial charge in [-0.15, -0.1) is 0 Å². The van der Waals surface area contributed by atoms with Gasteiger partial charge in [0.05, 0.1) is 5.56 Å². The summed E-state index contributed by atoms with van der Waals surface area (Å²) in [7, 11) is 0. The van der Waals surface area contributed by atoms with Crippen LogP contribution < -0.4 is 5.32 Å². The molecule has 1 N–H and O–H groups in total. The monoisotopic (exact) mass is 383 g/mol. The van der Waals surface area contributed by atoms with E-state index < -0.39 is 35.3 Å². The lowest BCUT2D eigenvalue weighted by Crippen LogP contribution is -2.30. The highest BCUT2D eigenvalue weighted by molar-refractivity contribution is 9.10. The van der Waals surface area contributed by atoms with E-state index in [0.717, 1.165) is 12.1 Å². The number of hydrogen-bond acceptors (Lipinski definition) is 3. The van der Waals surface area contributed by atoms with Crippen molar-refractivity contribution >= 4 is 33.5 Å². The fraction of sp³-hybridized carbons (Fsp3) is 0.125. The van der Waals surface area contributed by atoms with Crippen LogP contribution in [0.5, 0.6) is 0 Å². The molecule has 0 aliphatic heterocycles. The number of carbonyl (C=O) groups is 2. The molecule has 1 atom stereocenters. The van der Waals surface area contributed by atoms with Gasteiger partial charge < -0.3 is 10.1 Å². The van der Waals surface area contributed by atoms with Gasteiger partial charge in [0.15, 0.2) is 6.10 Å². The largest absolute Gasteiger partial charge is 0.449 e. The predicted molar refractivity (Wildman–Crippen MR) is 84.0 cm³/mol. The fourth-order valence-electron chi connectivity index (χ4n) is 1.75. The second-order valence-corrected chi connectivity index (χ2v) is 5.47. The number of hydrogen-bond donors (Lipinski definition) is 1. The van der Waals surface area contributed by atoms with Gasteiger partial charge in [-0.1, -0.05) is 18.2 Å². The fourth-order valence-corrected chi connectivity index (χ4v) is 2.19. The van der Waals surface area contributed by atoms with Gasteiger partial charge in [-0.05, 0) is 47.1 Å². The molecule has 7 heteroatoms. The zero-order chi connectivity index (χ0) is 17.0. The molecule has 120 valence electrons. The van der Waals surface area contributed by atoms with Crippen LogP contribution in [-0.4, -0.2) is 18.0 Å². The number of esters is 1. The van der Waals surface area contributed by atoms with Crippen LogP contribution in [0, 0.1) is 11.6 Å². The SMILES string of the molecule is CC(OC(=O)c1ccccc1Br)C(=O)Nc1c(F)cccc1F. The van der Waals surface area contributed by atoms with E-state index in [2.05, 4.69) is 21.2 Å². The molecule has 0 bridgehead atoms. The number of carbonyl (C=O) groups excluding carboxylic acids is 2. The van der Waals surface area contributed by atoms with Crippen molar-refractivity contribution in [1.29, 1.82) is 0 Å². The summed E-state index contributed by atoms with van der Waals surface area (Å²) in [5, 5.41) is 2.07. The number of halogens is 3. The molecule has 4 nitrogen and oxygen atoms in total. The van der Waals surface area contributed by atoms with Gasteiger partial charge >= 0.3 is 5.97 Å². The van der Waals surface area contributed by atoms with Crippen LogP contribution in [0.4, 0.5) is 14.5 Å². The molecule has 0 aliphatic carbocycles. The zero-order valence-corrected chi connectivity index (χ0v) is 13.6. The number of nitrogens with one attached hydrogen (secondary N) is 1. The summed E-state index contributed by atoms with van der Waals surface area (Å²) >= 11 is 3.20. The van der Waals surface area contributed by atoms with Gasteiger partial charge in [0.1, 0.15) is 17.3 Å². The molecule has 0 aliphatic rings. The maximum Gasteiger partial charge on any atom is 0.340 e. The molecule has 2 aromatic rings. The molecule has 0 radical (unpaired) electrons. The van der Waals surface area contributed by atoms with E-state index >= 15 is 0 Å². The Morgan fingerprint density at radius 2 is 1.70 bits per heavy atom. The van der Waals surface area contributed by atoms with Crippen LogP contribution in [0.15, 0.2) is 46.9 Å². The Balaban J connectivity index is 2.06. The van der Waals surface area contributed by atoms with Crippen LogP contribution in [0.1, 0.15) is 17.3 Å². The van der Waals surface area contributed by atoms with E-state index in [9.17, 15) is 18.4 Å². The molecule has 0 fully saturated rings. The molecular formula is C16H12BrF2NO3. The van der Waals surface area contributed by atoms with Crippen molar-refractivity contribution in [1.82, 2.24) is 0 Å². The first-order chi connectivity index (χ1) is 10.9. The summed E-state index contributed by atoms with van der Waals surface area (Å²) in [6, 6.07) is 9.73. The van der Waals surface area contributed by atoms with Crippen LogP contribution in [0.3, 0.4) is 0 Å². The third-order valence-electron chi connectivity index (χ3n) is 2.96. The molecular weight excluding hydrogens is 372 g/mol. The Kier molecular flexibility index (Phi) is 5.44. The first kappa shape index (κ1) is 17.1. The molecule has 0 heterocycles. The summed E-state index contributed by atoms with van der Waals surface area (Å²) in [5.41, 5.74) is -0.342. The van der Waals surface area contributed by atoms with Crippen molar-refractivity contribution < 1.29 is 23.1 Å². The standard InChI is InChI=1S/C16H12BrF2NO3/c1-9(23-16(22)10-5-2-3-6-11(10)17)15(21)20-14-12(18)7-4-8-13(14)19/h2-9H,1H3,(H,20,21). The third kappa shape index (κ3) is 4.13. The number of ether oxygens (including phenoxy) is 1. The zero-order valence-electron chi connectivity index (χ0n) is 12.0. The van der Waals surface area contributed by atoms with Crippen LogP contribution in [0.25, 0.3) is 0 Å². The quantitative estimate of drug-likeness (QED) is 0.814. The number of para-hydroxylation sites is 1. The van der Waals surface area contributed by atoms with Gasteiger partial charge in [0.25, 0.3) is 5.91 Å². The second-order valence-electron chi connectivity index (χ2n) is 4.61. The van der Waals surface area contributed by atoms with E-state index in [-0.39, 0.29) is 5.56 Å². The first-order valence-electron chi connectivity index (χ1n) is 6.60. The average Bonchev–Trinajstić information content (AvgIpc) is 2.51. The number of rotatable bonds is 4. The first-order valence-corrected chi connectivity index (χ1v) is 7.40. The maximum atomic E-state index is 13.5. The maximum absolute atomic E-state index is 13.5. The predicted octanol–water partition coefficient (Wildman–Crippen LogP) is 3.91. The van der Waals surface area contributed by atoms with Crippen LogP contribution >= 0.6 is 15.9 Å². The summed E-state index contributed by atoms with van der Waals surface area (Å²) in [5.74, 6) is -3.39. The van der Waals surface area contributed by atoms with Crippen molar-refractivity contribution in [3.63, 3.8) is 0 Å². The summed E-state index contributed by atoms with van der Waals surface area (Å²) < 4.78 is 32.5. The Morgan fingerprint density at radius 1 is 1.09 bits per heavy atom. The number of anilines is 1. The Morgan fingerprint density at radius 3 is 2.30 bits per heavy atom. The molecule has 2 aromatic carbocycles. The minimum atomic E-state index is -1.23. The molecule has 1 unspecified atom stereocenters. The van der Waals surface area contributed by atoms with E-state index in [1.54, 1.807) is 18.2 Å². The van der Waals surface area contributed by atoms with Crippen molar-refractivity contribution in [2.24, 2.45) is 0 Å². The van der Waals surface area contributed by atoms with Gasteiger partial charge in [0.2, 0.25) is 0 Å². The number of benzene rings is 2. The van der Waals surface area contributed by atoms with Gasteiger partial charge in [-0.25, -0.2) is 13.6 Å². The number of amides is 1. The summed E-state index contributed by atoms with van der Waals surface area (Å²) in [6.45, 7) is 1.31. The van der Waals surface area contributed by atoms with Crippen LogP contribution in [0.2, 0.25) is 0 Å². The molecule has 0 saturated heterocycles. The Hall–Kier alpha value is -2.28. The minimum absolute atomic E-state index is 0.240. The minimum Gasteiger partial charge on any atom is -0.449 e. The van der Waals surface area contributed by atoms with Gasteiger partial charge in [-0.2, -0.15) is 0 Å². The second kappa shape index (κ2) is 7.32. The Labute approximate surface area is 139 Å². The summed E-state index contributed by atoms with van der Waals surface area (Å²) in [4.78, 5) is 23.9. The lowest BCUT2D eigenvalue weighted by molar-refractivity contribution is -0.123. The Bertz CT molecular complexity index is 732. The molecule has 0 aromatic heterocycles. The smallest absolute Gasteiger partial charge is 0.340 e. The molecule has 0 saturated carbocycles. The average molecular weight is 384 g/mol. The van der Waals surface area contributed by atoms with Gasteiger partial charge in [0, 0.05) is 4.47 Å². The molecule has 1 amide bonds. The lowest BCUT2D eigenvalue weighted by atomic mass is 10.2. The highest BCUT2D eigenvalue weighted by Crippen LogP contribution is 2.20. The van der Waals surface area contributed by atoms with E-state index in [1.807, 2.05) is 0 Å². The summed E-state index contributed by atoms with van der Waals surface area (Å²) in [6.07, 6.45) is -1.23. The third-order valence-corrected chi connectivity index (χ3v) is 3.65. The van der Waals surface area contributed by atoms with Crippen molar-refractivity contribution in [2.45, 2.75) is 13.0 Å². The van der Waals surface area contributed by atoms with E-state index in [0.29, 0.717) is 4.47 Å². The normalized spacial score (nSPS) is 11.7. The van der Waals surface area contributed by atoms with Crippen LogP contribution in [-0.2, 0) is 9.53 Å². The lowest BCUT2D eigenvalue weighted by Gasteiger charge is -2.14. The van der Waals surface area contributed by atoms with Gasteiger partial charge in [-0.3, -0.25) is 4.79 Å². The highest BCUT2D eigenvalue weighted by Gasteiger charge is 2.22. The van der Waals surface area contributed by atoms with Crippen molar-refractivity contribution in [3.05, 3.63) is 64.1 Å².